The Morgan fingerprint density at radius 1 is 1.36 bits per heavy atom. The molecule has 1 aliphatic heterocycles. The van der Waals surface area contributed by atoms with Gasteiger partial charge in [0.15, 0.2) is 0 Å². The van der Waals surface area contributed by atoms with E-state index >= 15 is 0 Å². The Balaban J connectivity index is 1.95. The van der Waals surface area contributed by atoms with E-state index in [1.807, 2.05) is 24.3 Å². The van der Waals surface area contributed by atoms with E-state index in [-0.39, 0.29) is 5.91 Å². The first kappa shape index (κ1) is 16.8. The number of rotatable bonds is 7. The summed E-state index contributed by atoms with van der Waals surface area (Å²) in [5, 5.41) is 6.34. The van der Waals surface area contributed by atoms with Gasteiger partial charge in [-0.1, -0.05) is 19.1 Å². The van der Waals surface area contributed by atoms with Crippen molar-refractivity contribution in [2.75, 3.05) is 38.6 Å². The van der Waals surface area contributed by atoms with Crippen LogP contribution in [-0.2, 0) is 4.79 Å². The Labute approximate surface area is 133 Å². The lowest BCUT2D eigenvalue weighted by Crippen LogP contribution is -2.46. The molecular formula is C17H27N3O2. The molecule has 1 saturated heterocycles. The Morgan fingerprint density at radius 2 is 2.09 bits per heavy atom. The standard InChI is InChI=1S/C17H27N3O2/c1-3-12-20(14-8-10-18-11-9-14)13-17(21)19-15-6-4-5-7-16(15)22-2/h4-7,14,18H,3,8-13H2,1-2H3,(H,19,21). The maximum Gasteiger partial charge on any atom is 0.238 e. The minimum absolute atomic E-state index is 0.0245. The molecule has 1 aromatic rings. The molecule has 1 amide bonds. The van der Waals surface area contributed by atoms with Crippen LogP contribution in [0.4, 0.5) is 5.69 Å². The molecule has 5 nitrogen and oxygen atoms in total. The molecule has 0 unspecified atom stereocenters. The van der Waals surface area contributed by atoms with Gasteiger partial charge in [-0.2, -0.15) is 0 Å². The second-order valence-corrected chi connectivity index (χ2v) is 5.70. The number of methoxy groups -OCH3 is 1. The van der Waals surface area contributed by atoms with E-state index in [1.54, 1.807) is 7.11 Å². The summed E-state index contributed by atoms with van der Waals surface area (Å²) in [7, 11) is 1.61. The predicted octanol–water partition coefficient (Wildman–Crippen LogP) is 2.10. The highest BCUT2D eigenvalue weighted by Gasteiger charge is 2.22. The molecule has 0 radical (unpaired) electrons. The molecule has 1 aliphatic rings. The number of benzene rings is 1. The molecule has 0 aliphatic carbocycles. The van der Waals surface area contributed by atoms with Gasteiger partial charge < -0.3 is 15.4 Å². The number of piperidine rings is 1. The SMILES string of the molecule is CCCN(CC(=O)Nc1ccccc1OC)C1CCNCC1. The molecule has 2 rings (SSSR count). The van der Waals surface area contributed by atoms with Gasteiger partial charge in [-0.05, 0) is 51.0 Å². The zero-order valence-corrected chi connectivity index (χ0v) is 13.6. The largest absolute Gasteiger partial charge is 0.495 e. The van der Waals surface area contributed by atoms with Crippen molar-refractivity contribution < 1.29 is 9.53 Å². The number of nitrogens with zero attached hydrogens (tertiary/aromatic N) is 1. The highest BCUT2D eigenvalue weighted by Crippen LogP contribution is 2.23. The molecule has 2 N–H and O–H groups in total. The summed E-state index contributed by atoms with van der Waals surface area (Å²) in [5.74, 6) is 0.719. The molecule has 0 saturated carbocycles. The van der Waals surface area contributed by atoms with Crippen molar-refractivity contribution in [1.82, 2.24) is 10.2 Å². The fourth-order valence-electron chi connectivity index (χ4n) is 2.97. The molecule has 0 atom stereocenters. The summed E-state index contributed by atoms with van der Waals surface area (Å²) >= 11 is 0. The third-order valence-electron chi connectivity index (χ3n) is 4.06. The van der Waals surface area contributed by atoms with E-state index in [0.717, 1.165) is 44.6 Å². The molecule has 22 heavy (non-hydrogen) atoms. The normalized spacial score (nSPS) is 15.8. The summed E-state index contributed by atoms with van der Waals surface area (Å²) in [5.41, 5.74) is 0.733. The number of para-hydroxylation sites is 2. The Morgan fingerprint density at radius 3 is 2.77 bits per heavy atom. The molecule has 0 bridgehead atoms. The van der Waals surface area contributed by atoms with Crippen LogP contribution in [0.3, 0.4) is 0 Å². The molecule has 1 aromatic carbocycles. The average Bonchev–Trinajstić information content (AvgIpc) is 2.56. The van der Waals surface area contributed by atoms with E-state index in [4.69, 9.17) is 4.74 Å². The van der Waals surface area contributed by atoms with Crippen LogP contribution in [0, 0.1) is 0 Å². The van der Waals surface area contributed by atoms with Crippen molar-refractivity contribution in [3.8, 4) is 5.75 Å². The maximum absolute atomic E-state index is 12.4. The summed E-state index contributed by atoms with van der Waals surface area (Å²) in [6.07, 6.45) is 3.29. The molecule has 0 spiro atoms. The number of amides is 1. The van der Waals surface area contributed by atoms with Gasteiger partial charge in [-0.3, -0.25) is 9.69 Å². The molecule has 5 heteroatoms. The number of carbonyl (C=O) groups excluding carboxylic acids is 1. The summed E-state index contributed by atoms with van der Waals surface area (Å²) in [6, 6.07) is 8.02. The van der Waals surface area contributed by atoms with Crippen LogP contribution in [-0.4, -0.2) is 50.1 Å². The molecular weight excluding hydrogens is 278 g/mol. The number of ether oxygens (including phenoxy) is 1. The maximum atomic E-state index is 12.4. The highest BCUT2D eigenvalue weighted by atomic mass is 16.5. The number of hydrogen-bond donors (Lipinski definition) is 2. The van der Waals surface area contributed by atoms with Crippen LogP contribution in [0.5, 0.6) is 5.75 Å². The van der Waals surface area contributed by atoms with E-state index in [9.17, 15) is 4.79 Å². The first-order chi connectivity index (χ1) is 10.7. The van der Waals surface area contributed by atoms with Gasteiger partial charge in [0.05, 0.1) is 19.3 Å². The van der Waals surface area contributed by atoms with Crippen molar-refractivity contribution in [2.45, 2.75) is 32.2 Å². The first-order valence-corrected chi connectivity index (χ1v) is 8.12. The molecule has 122 valence electrons. The molecule has 1 heterocycles. The monoisotopic (exact) mass is 305 g/mol. The third kappa shape index (κ3) is 4.71. The predicted molar refractivity (Wildman–Crippen MR) is 89.4 cm³/mol. The fraction of sp³-hybridized carbons (Fsp3) is 0.588. The highest BCUT2D eigenvalue weighted by molar-refractivity contribution is 5.93. The van der Waals surface area contributed by atoms with Crippen LogP contribution >= 0.6 is 0 Å². The topological polar surface area (TPSA) is 53.6 Å². The summed E-state index contributed by atoms with van der Waals surface area (Å²) in [6.45, 7) is 5.64. The van der Waals surface area contributed by atoms with Crippen molar-refractivity contribution in [2.24, 2.45) is 0 Å². The zero-order valence-electron chi connectivity index (χ0n) is 13.6. The first-order valence-electron chi connectivity index (χ1n) is 8.12. The van der Waals surface area contributed by atoms with Crippen LogP contribution in [0.25, 0.3) is 0 Å². The lowest BCUT2D eigenvalue weighted by molar-refractivity contribution is -0.118. The van der Waals surface area contributed by atoms with Crippen LogP contribution in [0.1, 0.15) is 26.2 Å². The van der Waals surface area contributed by atoms with E-state index in [2.05, 4.69) is 22.5 Å². The van der Waals surface area contributed by atoms with E-state index < -0.39 is 0 Å². The fourth-order valence-corrected chi connectivity index (χ4v) is 2.97. The Bertz CT molecular complexity index is 473. The number of anilines is 1. The van der Waals surface area contributed by atoms with Gasteiger partial charge >= 0.3 is 0 Å². The minimum atomic E-state index is 0.0245. The van der Waals surface area contributed by atoms with Crippen LogP contribution in [0.15, 0.2) is 24.3 Å². The summed E-state index contributed by atoms with van der Waals surface area (Å²) < 4.78 is 5.28. The number of hydrogen-bond acceptors (Lipinski definition) is 4. The zero-order chi connectivity index (χ0) is 15.8. The van der Waals surface area contributed by atoms with E-state index in [1.165, 1.54) is 0 Å². The van der Waals surface area contributed by atoms with Crippen molar-refractivity contribution in [1.29, 1.82) is 0 Å². The Kier molecular flexibility index (Phi) is 6.68. The molecule has 1 fully saturated rings. The lowest BCUT2D eigenvalue weighted by Gasteiger charge is -2.34. The van der Waals surface area contributed by atoms with Gasteiger partial charge in [0.1, 0.15) is 5.75 Å². The quantitative estimate of drug-likeness (QED) is 0.810. The molecule has 0 aromatic heterocycles. The Hall–Kier alpha value is -1.59. The van der Waals surface area contributed by atoms with E-state index in [0.29, 0.717) is 18.3 Å². The van der Waals surface area contributed by atoms with Gasteiger partial charge in [0, 0.05) is 6.04 Å². The van der Waals surface area contributed by atoms with Crippen molar-refractivity contribution >= 4 is 11.6 Å². The van der Waals surface area contributed by atoms with Gasteiger partial charge in [0.2, 0.25) is 5.91 Å². The van der Waals surface area contributed by atoms with Gasteiger partial charge in [-0.15, -0.1) is 0 Å². The number of nitrogens with one attached hydrogen (secondary N) is 2. The average molecular weight is 305 g/mol. The van der Waals surface area contributed by atoms with Crippen molar-refractivity contribution in [3.63, 3.8) is 0 Å². The minimum Gasteiger partial charge on any atom is -0.495 e. The summed E-state index contributed by atoms with van der Waals surface area (Å²) in [4.78, 5) is 14.7. The number of carbonyl (C=O) groups is 1. The van der Waals surface area contributed by atoms with Crippen LogP contribution in [0.2, 0.25) is 0 Å². The van der Waals surface area contributed by atoms with Crippen LogP contribution < -0.4 is 15.4 Å². The third-order valence-corrected chi connectivity index (χ3v) is 4.06. The smallest absolute Gasteiger partial charge is 0.238 e. The van der Waals surface area contributed by atoms with Crippen molar-refractivity contribution in [3.05, 3.63) is 24.3 Å². The van der Waals surface area contributed by atoms with Gasteiger partial charge in [0.25, 0.3) is 0 Å². The lowest BCUT2D eigenvalue weighted by atomic mass is 10.0. The second kappa shape index (κ2) is 8.76. The second-order valence-electron chi connectivity index (χ2n) is 5.70. The van der Waals surface area contributed by atoms with Gasteiger partial charge in [-0.25, -0.2) is 0 Å².